The molecule has 16 heavy (non-hydrogen) atoms. The van der Waals surface area contributed by atoms with Gasteiger partial charge in [0.15, 0.2) is 0 Å². The summed E-state index contributed by atoms with van der Waals surface area (Å²) in [5, 5.41) is 0. The van der Waals surface area contributed by atoms with Crippen LogP contribution in [-0.4, -0.2) is 25.3 Å². The molecule has 0 aliphatic heterocycles. The van der Waals surface area contributed by atoms with Gasteiger partial charge in [-0.2, -0.15) is 0 Å². The number of hydrogen-bond donors (Lipinski definition) is 1. The molecule has 0 unspecified atom stereocenters. The molecular formula is C12H17NO2S. The fourth-order valence-electron chi connectivity index (χ4n) is 1.34. The van der Waals surface area contributed by atoms with E-state index >= 15 is 0 Å². The van der Waals surface area contributed by atoms with Crippen LogP contribution in [0.4, 0.5) is 0 Å². The highest BCUT2D eigenvalue weighted by atomic mass is 32.1. The van der Waals surface area contributed by atoms with E-state index < -0.39 is 0 Å². The Labute approximate surface area is 102 Å². The maximum absolute atomic E-state index is 5.63. The molecule has 0 aromatic heterocycles. The van der Waals surface area contributed by atoms with Gasteiger partial charge in [0, 0.05) is 20.1 Å². The highest BCUT2D eigenvalue weighted by Crippen LogP contribution is 2.20. The molecular weight excluding hydrogens is 222 g/mol. The number of thiocarbonyl (C=S) groups is 1. The second-order valence-electron chi connectivity index (χ2n) is 3.56. The molecule has 0 saturated carbocycles. The van der Waals surface area contributed by atoms with Gasteiger partial charge in [0.25, 0.3) is 0 Å². The maximum atomic E-state index is 5.63. The van der Waals surface area contributed by atoms with Gasteiger partial charge in [-0.1, -0.05) is 18.3 Å². The molecule has 0 spiro atoms. The fourth-order valence-corrected chi connectivity index (χ4v) is 1.51. The Kier molecular flexibility index (Phi) is 5.22. The van der Waals surface area contributed by atoms with Crippen LogP contribution >= 0.6 is 12.2 Å². The maximum Gasteiger partial charge on any atom is 0.129 e. The first-order valence-electron chi connectivity index (χ1n) is 5.17. The fraction of sp³-hybridized carbons (Fsp3) is 0.417. The monoisotopic (exact) mass is 239 g/mol. The van der Waals surface area contributed by atoms with Crippen molar-refractivity contribution in [2.24, 2.45) is 5.73 Å². The number of ether oxygens (including phenoxy) is 2. The first-order chi connectivity index (χ1) is 7.65. The largest absolute Gasteiger partial charge is 0.493 e. The van der Waals surface area contributed by atoms with Crippen molar-refractivity contribution >= 4 is 17.2 Å². The summed E-state index contributed by atoms with van der Waals surface area (Å²) < 4.78 is 10.6. The minimum absolute atomic E-state index is 0.363. The lowest BCUT2D eigenvalue weighted by molar-refractivity contribution is 0.172. The van der Waals surface area contributed by atoms with Crippen LogP contribution in [0.2, 0.25) is 0 Å². The zero-order chi connectivity index (χ0) is 12.0. The summed E-state index contributed by atoms with van der Waals surface area (Å²) in [5.74, 6) is 0.753. The number of benzene rings is 1. The Morgan fingerprint density at radius 3 is 2.75 bits per heavy atom. The molecule has 0 saturated heterocycles. The molecule has 4 heteroatoms. The Bertz CT molecular complexity index is 366. The lowest BCUT2D eigenvalue weighted by atomic mass is 10.1. The van der Waals surface area contributed by atoms with Crippen LogP contribution in [0, 0.1) is 6.92 Å². The van der Waals surface area contributed by atoms with E-state index in [4.69, 9.17) is 27.4 Å². The molecule has 1 aromatic carbocycles. The van der Waals surface area contributed by atoms with E-state index in [0.29, 0.717) is 18.2 Å². The number of hydrogen-bond acceptors (Lipinski definition) is 3. The molecule has 1 aromatic rings. The third-order valence-electron chi connectivity index (χ3n) is 2.15. The Balaban J connectivity index is 2.68. The molecule has 2 N–H and O–H groups in total. The van der Waals surface area contributed by atoms with Gasteiger partial charge in [0.1, 0.15) is 10.7 Å². The Hall–Kier alpha value is -1.13. The van der Waals surface area contributed by atoms with Crippen LogP contribution in [0.25, 0.3) is 0 Å². The SMILES string of the molecule is COCCCOc1cc(C)ccc1C(N)=S. The minimum atomic E-state index is 0.363. The molecule has 0 heterocycles. The van der Waals surface area contributed by atoms with Gasteiger partial charge in [-0.25, -0.2) is 0 Å². The molecule has 0 radical (unpaired) electrons. The molecule has 0 atom stereocenters. The van der Waals surface area contributed by atoms with Crippen LogP contribution in [-0.2, 0) is 4.74 Å². The van der Waals surface area contributed by atoms with E-state index in [-0.39, 0.29) is 0 Å². The summed E-state index contributed by atoms with van der Waals surface area (Å²) in [6, 6.07) is 5.81. The van der Waals surface area contributed by atoms with Crippen LogP contribution in [0.3, 0.4) is 0 Å². The highest BCUT2D eigenvalue weighted by molar-refractivity contribution is 7.80. The topological polar surface area (TPSA) is 44.5 Å². The van der Waals surface area contributed by atoms with Gasteiger partial charge in [0.05, 0.1) is 12.2 Å². The smallest absolute Gasteiger partial charge is 0.129 e. The van der Waals surface area contributed by atoms with Crippen LogP contribution in [0.1, 0.15) is 17.5 Å². The number of rotatable bonds is 6. The molecule has 0 bridgehead atoms. The lowest BCUT2D eigenvalue weighted by Crippen LogP contribution is -2.12. The van der Waals surface area contributed by atoms with Gasteiger partial charge in [-0.05, 0) is 24.6 Å². The van der Waals surface area contributed by atoms with Crippen molar-refractivity contribution in [3.63, 3.8) is 0 Å². The Morgan fingerprint density at radius 2 is 2.12 bits per heavy atom. The van der Waals surface area contributed by atoms with Crippen molar-refractivity contribution in [1.29, 1.82) is 0 Å². The molecule has 0 aliphatic carbocycles. The van der Waals surface area contributed by atoms with Gasteiger partial charge in [-0.15, -0.1) is 0 Å². The van der Waals surface area contributed by atoms with Crippen LogP contribution < -0.4 is 10.5 Å². The zero-order valence-electron chi connectivity index (χ0n) is 9.66. The van der Waals surface area contributed by atoms with E-state index in [1.807, 2.05) is 25.1 Å². The predicted octanol–water partition coefficient (Wildman–Crippen LogP) is 2.04. The van der Waals surface area contributed by atoms with Gasteiger partial charge < -0.3 is 15.2 Å². The Morgan fingerprint density at radius 1 is 1.38 bits per heavy atom. The standard InChI is InChI=1S/C12H17NO2S/c1-9-4-5-10(12(13)16)11(8-9)15-7-3-6-14-2/h4-5,8H,3,6-7H2,1-2H3,(H2,13,16). The van der Waals surface area contributed by atoms with E-state index in [1.54, 1.807) is 7.11 Å². The number of methoxy groups -OCH3 is 1. The third-order valence-corrected chi connectivity index (χ3v) is 2.37. The van der Waals surface area contributed by atoms with E-state index in [1.165, 1.54) is 0 Å². The van der Waals surface area contributed by atoms with Crippen molar-refractivity contribution < 1.29 is 9.47 Å². The van der Waals surface area contributed by atoms with Crippen molar-refractivity contribution in [3.05, 3.63) is 29.3 Å². The summed E-state index contributed by atoms with van der Waals surface area (Å²) in [6.45, 7) is 3.30. The first kappa shape index (κ1) is 12.9. The predicted molar refractivity (Wildman–Crippen MR) is 69.1 cm³/mol. The van der Waals surface area contributed by atoms with Crippen molar-refractivity contribution in [3.8, 4) is 5.75 Å². The summed E-state index contributed by atoms with van der Waals surface area (Å²) in [4.78, 5) is 0.363. The van der Waals surface area contributed by atoms with Crippen LogP contribution in [0.5, 0.6) is 5.75 Å². The second kappa shape index (κ2) is 6.45. The van der Waals surface area contributed by atoms with Gasteiger partial charge >= 0.3 is 0 Å². The van der Waals surface area contributed by atoms with Crippen molar-refractivity contribution in [1.82, 2.24) is 0 Å². The summed E-state index contributed by atoms with van der Waals surface area (Å²) in [7, 11) is 1.67. The average Bonchev–Trinajstić information content (AvgIpc) is 2.24. The molecule has 0 fully saturated rings. The van der Waals surface area contributed by atoms with Crippen molar-refractivity contribution in [2.75, 3.05) is 20.3 Å². The normalized spacial score (nSPS) is 10.1. The minimum Gasteiger partial charge on any atom is -0.493 e. The molecule has 88 valence electrons. The summed E-state index contributed by atoms with van der Waals surface area (Å²) in [6.07, 6.45) is 0.848. The quantitative estimate of drug-likeness (QED) is 0.609. The number of nitrogens with two attached hydrogens (primary N) is 1. The van der Waals surface area contributed by atoms with Gasteiger partial charge in [-0.3, -0.25) is 0 Å². The van der Waals surface area contributed by atoms with Crippen LogP contribution in [0.15, 0.2) is 18.2 Å². The van der Waals surface area contributed by atoms with E-state index in [9.17, 15) is 0 Å². The summed E-state index contributed by atoms with van der Waals surface area (Å²) >= 11 is 4.97. The second-order valence-corrected chi connectivity index (χ2v) is 4.00. The average molecular weight is 239 g/mol. The highest BCUT2D eigenvalue weighted by Gasteiger charge is 2.06. The van der Waals surface area contributed by atoms with Gasteiger partial charge in [0.2, 0.25) is 0 Å². The van der Waals surface area contributed by atoms with Crippen molar-refractivity contribution in [2.45, 2.75) is 13.3 Å². The molecule has 0 amide bonds. The first-order valence-corrected chi connectivity index (χ1v) is 5.58. The van der Waals surface area contributed by atoms with E-state index in [0.717, 1.165) is 23.3 Å². The lowest BCUT2D eigenvalue weighted by Gasteiger charge is -2.11. The molecule has 0 aliphatic rings. The zero-order valence-corrected chi connectivity index (χ0v) is 10.5. The number of aryl methyl sites for hydroxylation is 1. The van der Waals surface area contributed by atoms with E-state index in [2.05, 4.69) is 0 Å². The molecule has 1 rings (SSSR count). The molecule has 3 nitrogen and oxygen atoms in total. The summed E-state index contributed by atoms with van der Waals surface area (Å²) in [5.41, 5.74) is 7.54. The third kappa shape index (κ3) is 3.79.